The van der Waals surface area contributed by atoms with Gasteiger partial charge < -0.3 is 14.3 Å². The predicted molar refractivity (Wildman–Crippen MR) is 76.0 cm³/mol. The second kappa shape index (κ2) is 7.54. The van der Waals surface area contributed by atoms with E-state index >= 15 is 0 Å². The normalized spacial score (nSPS) is 12.1. The standard InChI is InChI=1S/C13H24O6Si/c1-13(2,3)20(4,5)19-9-8-18-11(15)7-6-10(14)12(16)17/h6-9H2,1-5H3,(H,16,17). The van der Waals surface area contributed by atoms with Crippen LogP contribution in [0.15, 0.2) is 0 Å². The van der Waals surface area contributed by atoms with Crippen molar-refractivity contribution in [2.75, 3.05) is 13.2 Å². The van der Waals surface area contributed by atoms with Gasteiger partial charge in [-0.15, -0.1) is 0 Å². The number of carboxylic acid groups (broad SMARTS) is 1. The van der Waals surface area contributed by atoms with E-state index in [9.17, 15) is 14.4 Å². The van der Waals surface area contributed by atoms with Crippen LogP contribution in [0.5, 0.6) is 0 Å². The SMILES string of the molecule is CC(C)(C)[Si](C)(C)OCCOC(=O)CCC(=O)C(=O)O. The molecule has 0 aromatic rings. The van der Waals surface area contributed by atoms with Crippen molar-refractivity contribution < 1.29 is 28.7 Å². The van der Waals surface area contributed by atoms with Gasteiger partial charge in [-0.25, -0.2) is 4.79 Å². The van der Waals surface area contributed by atoms with Gasteiger partial charge in [0.25, 0.3) is 0 Å². The van der Waals surface area contributed by atoms with Gasteiger partial charge in [0.2, 0.25) is 5.78 Å². The third-order valence-electron chi connectivity index (χ3n) is 3.41. The van der Waals surface area contributed by atoms with Gasteiger partial charge in [0.1, 0.15) is 6.61 Å². The van der Waals surface area contributed by atoms with Gasteiger partial charge in [-0.1, -0.05) is 20.8 Å². The van der Waals surface area contributed by atoms with Gasteiger partial charge in [0, 0.05) is 6.42 Å². The Morgan fingerprint density at radius 3 is 2.05 bits per heavy atom. The summed E-state index contributed by atoms with van der Waals surface area (Å²) < 4.78 is 10.7. The molecule has 0 aromatic heterocycles. The lowest BCUT2D eigenvalue weighted by Gasteiger charge is -2.36. The maximum absolute atomic E-state index is 11.3. The molecule has 0 aliphatic heterocycles. The summed E-state index contributed by atoms with van der Waals surface area (Å²) >= 11 is 0. The molecule has 0 rings (SSSR count). The molecule has 0 aromatic carbocycles. The Morgan fingerprint density at radius 1 is 1.05 bits per heavy atom. The Morgan fingerprint density at radius 2 is 1.60 bits per heavy atom. The molecule has 7 heteroatoms. The number of ketones is 1. The van der Waals surface area contributed by atoms with Gasteiger partial charge in [-0.3, -0.25) is 9.59 Å². The molecular formula is C13H24O6Si. The summed E-state index contributed by atoms with van der Waals surface area (Å²) in [6.07, 6.45) is -0.553. The van der Waals surface area contributed by atoms with E-state index in [-0.39, 0.29) is 24.5 Å². The van der Waals surface area contributed by atoms with Crippen LogP contribution in [0, 0.1) is 0 Å². The Labute approximate surface area is 120 Å². The van der Waals surface area contributed by atoms with Crippen molar-refractivity contribution in [3.63, 3.8) is 0 Å². The van der Waals surface area contributed by atoms with E-state index in [0.717, 1.165) is 0 Å². The maximum atomic E-state index is 11.3. The summed E-state index contributed by atoms with van der Waals surface area (Å²) in [6, 6.07) is 0. The predicted octanol–water partition coefficient (Wildman–Crippen LogP) is 1.99. The first kappa shape index (κ1) is 18.8. The van der Waals surface area contributed by atoms with E-state index in [1.165, 1.54) is 0 Å². The lowest BCUT2D eigenvalue weighted by molar-refractivity contribution is -0.151. The molecule has 0 unspecified atom stereocenters. The zero-order valence-corrected chi connectivity index (χ0v) is 13.8. The minimum Gasteiger partial charge on any atom is -0.476 e. The summed E-state index contributed by atoms with van der Waals surface area (Å²) in [7, 11) is -1.85. The van der Waals surface area contributed by atoms with Crippen molar-refractivity contribution in [3.05, 3.63) is 0 Å². The summed E-state index contributed by atoms with van der Waals surface area (Å²) in [5.74, 6) is -3.10. The quantitative estimate of drug-likeness (QED) is 0.319. The largest absolute Gasteiger partial charge is 0.476 e. The summed E-state index contributed by atoms with van der Waals surface area (Å²) in [5, 5.41) is 8.45. The fraction of sp³-hybridized carbons (Fsp3) is 0.769. The Kier molecular flexibility index (Phi) is 7.08. The highest BCUT2D eigenvalue weighted by atomic mass is 28.4. The molecule has 0 fully saturated rings. The molecule has 0 saturated carbocycles. The first-order chi connectivity index (χ1) is 8.97. The van der Waals surface area contributed by atoms with Gasteiger partial charge in [-0.05, 0) is 18.1 Å². The number of hydrogen-bond donors (Lipinski definition) is 1. The number of ether oxygens (including phenoxy) is 1. The highest BCUT2D eigenvalue weighted by molar-refractivity contribution is 6.74. The number of aliphatic carboxylic acids is 1. The fourth-order valence-electron chi connectivity index (χ4n) is 1.06. The van der Waals surface area contributed by atoms with Crippen LogP contribution in [-0.4, -0.2) is 44.4 Å². The van der Waals surface area contributed by atoms with E-state index in [1.807, 2.05) is 0 Å². The molecule has 0 heterocycles. The number of carbonyl (C=O) groups excluding carboxylic acids is 2. The average Bonchev–Trinajstić information content (AvgIpc) is 2.30. The van der Waals surface area contributed by atoms with Crippen LogP contribution in [0.1, 0.15) is 33.6 Å². The number of carboxylic acids is 1. The second-order valence-electron chi connectivity index (χ2n) is 6.06. The molecule has 0 saturated heterocycles. The van der Waals surface area contributed by atoms with E-state index in [1.54, 1.807) is 0 Å². The van der Waals surface area contributed by atoms with Crippen LogP contribution >= 0.6 is 0 Å². The zero-order valence-electron chi connectivity index (χ0n) is 12.8. The van der Waals surface area contributed by atoms with E-state index in [2.05, 4.69) is 33.9 Å². The van der Waals surface area contributed by atoms with E-state index in [0.29, 0.717) is 6.61 Å². The first-order valence-electron chi connectivity index (χ1n) is 6.53. The highest BCUT2D eigenvalue weighted by Crippen LogP contribution is 2.36. The second-order valence-corrected chi connectivity index (χ2v) is 10.9. The smallest absolute Gasteiger partial charge is 0.372 e. The molecule has 0 spiro atoms. The van der Waals surface area contributed by atoms with Gasteiger partial charge in [0.15, 0.2) is 8.32 Å². The third-order valence-corrected chi connectivity index (χ3v) is 7.95. The molecule has 1 N–H and O–H groups in total. The molecule has 0 aliphatic rings. The molecule has 0 amide bonds. The molecule has 6 nitrogen and oxygen atoms in total. The molecule has 0 atom stereocenters. The van der Waals surface area contributed by atoms with E-state index in [4.69, 9.17) is 14.3 Å². The lowest BCUT2D eigenvalue weighted by Crippen LogP contribution is -2.41. The molecule has 0 bridgehead atoms. The molecule has 116 valence electrons. The van der Waals surface area contributed by atoms with Gasteiger partial charge in [0.05, 0.1) is 13.0 Å². The molecule has 0 aliphatic carbocycles. The van der Waals surface area contributed by atoms with Crippen LogP contribution in [0.3, 0.4) is 0 Å². The Bertz CT molecular complexity index is 370. The number of carbonyl (C=O) groups is 3. The van der Waals surface area contributed by atoms with Crippen molar-refractivity contribution in [1.29, 1.82) is 0 Å². The fourth-order valence-corrected chi connectivity index (χ4v) is 2.09. The topological polar surface area (TPSA) is 89.9 Å². The van der Waals surface area contributed by atoms with Crippen molar-refractivity contribution in [2.45, 2.75) is 51.7 Å². The number of rotatable bonds is 8. The molecule has 0 radical (unpaired) electrons. The Balaban J connectivity index is 3.89. The van der Waals surface area contributed by atoms with Crippen LogP contribution in [0.25, 0.3) is 0 Å². The van der Waals surface area contributed by atoms with Gasteiger partial charge in [-0.2, -0.15) is 0 Å². The number of hydrogen-bond acceptors (Lipinski definition) is 5. The monoisotopic (exact) mass is 304 g/mol. The van der Waals surface area contributed by atoms with E-state index < -0.39 is 26.0 Å². The van der Waals surface area contributed by atoms with Crippen LogP contribution < -0.4 is 0 Å². The van der Waals surface area contributed by atoms with Crippen molar-refractivity contribution in [2.24, 2.45) is 0 Å². The number of esters is 1. The summed E-state index contributed by atoms with van der Waals surface area (Å²) in [6.45, 7) is 11.0. The van der Waals surface area contributed by atoms with Crippen LogP contribution in [-0.2, 0) is 23.5 Å². The van der Waals surface area contributed by atoms with Crippen molar-refractivity contribution in [1.82, 2.24) is 0 Å². The van der Waals surface area contributed by atoms with Crippen LogP contribution in [0.4, 0.5) is 0 Å². The van der Waals surface area contributed by atoms with Crippen molar-refractivity contribution in [3.8, 4) is 0 Å². The summed E-state index contributed by atoms with van der Waals surface area (Å²) in [4.78, 5) is 32.3. The summed E-state index contributed by atoms with van der Waals surface area (Å²) in [5.41, 5.74) is 0. The maximum Gasteiger partial charge on any atom is 0.372 e. The molecule has 20 heavy (non-hydrogen) atoms. The van der Waals surface area contributed by atoms with Crippen molar-refractivity contribution >= 4 is 26.0 Å². The lowest BCUT2D eigenvalue weighted by atomic mass is 10.2. The zero-order chi connectivity index (χ0) is 16.0. The number of Topliss-reactive ketones (excluding diaryl/α,β-unsaturated/α-hetero) is 1. The first-order valence-corrected chi connectivity index (χ1v) is 9.44. The average molecular weight is 304 g/mol. The minimum absolute atomic E-state index is 0.0882. The highest BCUT2D eigenvalue weighted by Gasteiger charge is 2.36. The molecular weight excluding hydrogens is 280 g/mol. The van der Waals surface area contributed by atoms with Gasteiger partial charge >= 0.3 is 11.9 Å². The Hall–Kier alpha value is -1.21. The van der Waals surface area contributed by atoms with Crippen LogP contribution in [0.2, 0.25) is 18.1 Å². The minimum atomic E-state index is -1.85. The third kappa shape index (κ3) is 6.81.